The zero-order valence-corrected chi connectivity index (χ0v) is 12.7. The largest absolute Gasteiger partial charge is 0.352 e. The molecular formula is C11H19Cl2N3OS. The summed E-state index contributed by atoms with van der Waals surface area (Å²) in [5.74, 6) is 0.0849. The molecule has 1 fully saturated rings. The number of rotatable bonds is 4. The summed E-state index contributed by atoms with van der Waals surface area (Å²) in [6.45, 7) is 3.97. The van der Waals surface area contributed by atoms with Crippen molar-refractivity contribution in [3.05, 3.63) is 16.1 Å². The molecule has 0 aromatic carbocycles. The summed E-state index contributed by atoms with van der Waals surface area (Å²) in [6, 6.07) is 0.303. The third kappa shape index (κ3) is 5.10. The minimum absolute atomic E-state index is 0. The van der Waals surface area contributed by atoms with Crippen LogP contribution in [0.1, 0.15) is 24.0 Å². The number of halogens is 2. The fourth-order valence-electron chi connectivity index (χ4n) is 1.81. The van der Waals surface area contributed by atoms with E-state index >= 15 is 0 Å². The van der Waals surface area contributed by atoms with Gasteiger partial charge in [-0.1, -0.05) is 6.92 Å². The molecule has 1 atom stereocenters. The lowest BCUT2D eigenvalue weighted by Crippen LogP contribution is -2.37. The van der Waals surface area contributed by atoms with Crippen LogP contribution < -0.4 is 10.6 Å². The SMILES string of the molecule is CCc1nc(CC(=O)NC2CCNC2)cs1.Cl.Cl. The topological polar surface area (TPSA) is 54.0 Å². The van der Waals surface area contributed by atoms with E-state index in [-0.39, 0.29) is 30.7 Å². The minimum atomic E-state index is 0. The summed E-state index contributed by atoms with van der Waals surface area (Å²) < 4.78 is 0. The number of aromatic nitrogens is 1. The van der Waals surface area contributed by atoms with Crippen molar-refractivity contribution >= 4 is 42.1 Å². The van der Waals surface area contributed by atoms with Crippen LogP contribution in [0.4, 0.5) is 0 Å². The summed E-state index contributed by atoms with van der Waals surface area (Å²) in [6.07, 6.45) is 2.38. The molecule has 1 amide bonds. The average Bonchev–Trinajstić information content (AvgIpc) is 2.89. The fraction of sp³-hybridized carbons (Fsp3) is 0.636. The molecule has 1 aliphatic rings. The monoisotopic (exact) mass is 311 g/mol. The van der Waals surface area contributed by atoms with Crippen LogP contribution in [0.3, 0.4) is 0 Å². The maximum Gasteiger partial charge on any atom is 0.226 e. The van der Waals surface area contributed by atoms with E-state index in [0.29, 0.717) is 12.5 Å². The second kappa shape index (κ2) is 8.69. The Morgan fingerprint density at radius 1 is 1.61 bits per heavy atom. The van der Waals surface area contributed by atoms with Crippen LogP contribution in [-0.4, -0.2) is 30.0 Å². The lowest BCUT2D eigenvalue weighted by molar-refractivity contribution is -0.121. The first-order valence-corrected chi connectivity index (χ1v) is 6.59. The standard InChI is InChI=1S/C11H17N3OS.2ClH/c1-2-11-14-9(7-16-11)5-10(15)13-8-3-4-12-6-8;;/h7-8,12H,2-6H2,1H3,(H,13,15);2*1H. The summed E-state index contributed by atoms with van der Waals surface area (Å²) in [4.78, 5) is 16.1. The Hall–Kier alpha value is -0.360. The molecule has 1 saturated heterocycles. The van der Waals surface area contributed by atoms with Gasteiger partial charge in [0, 0.05) is 18.0 Å². The van der Waals surface area contributed by atoms with Crippen LogP contribution in [0.2, 0.25) is 0 Å². The Kier molecular flexibility index (Phi) is 8.52. The molecule has 18 heavy (non-hydrogen) atoms. The highest BCUT2D eigenvalue weighted by Gasteiger charge is 2.17. The van der Waals surface area contributed by atoms with E-state index < -0.39 is 0 Å². The number of amides is 1. The normalized spacial score (nSPS) is 17.7. The Bertz CT molecular complexity index is 367. The number of nitrogens with zero attached hydrogens (tertiary/aromatic N) is 1. The summed E-state index contributed by atoms with van der Waals surface area (Å²) >= 11 is 1.63. The minimum Gasteiger partial charge on any atom is -0.352 e. The van der Waals surface area contributed by atoms with Crippen molar-refractivity contribution in [3.8, 4) is 0 Å². The molecule has 1 unspecified atom stereocenters. The van der Waals surface area contributed by atoms with Gasteiger partial charge in [0.2, 0.25) is 5.91 Å². The molecule has 2 N–H and O–H groups in total. The first-order valence-electron chi connectivity index (χ1n) is 5.71. The van der Waals surface area contributed by atoms with Gasteiger partial charge in [0.15, 0.2) is 0 Å². The maximum absolute atomic E-state index is 11.7. The Balaban J connectivity index is 0.00000144. The van der Waals surface area contributed by atoms with Crippen LogP contribution in [-0.2, 0) is 17.6 Å². The molecule has 1 aromatic rings. The molecule has 0 saturated carbocycles. The van der Waals surface area contributed by atoms with E-state index in [0.717, 1.165) is 36.6 Å². The summed E-state index contributed by atoms with van der Waals surface area (Å²) in [5.41, 5.74) is 0.894. The van der Waals surface area contributed by atoms with Crippen LogP contribution in [0.25, 0.3) is 0 Å². The Morgan fingerprint density at radius 2 is 2.39 bits per heavy atom. The molecule has 0 radical (unpaired) electrons. The number of nitrogens with one attached hydrogen (secondary N) is 2. The predicted octanol–water partition coefficient (Wildman–Crippen LogP) is 1.57. The molecule has 1 aromatic heterocycles. The molecule has 2 heterocycles. The highest BCUT2D eigenvalue weighted by Crippen LogP contribution is 2.10. The van der Waals surface area contributed by atoms with Crippen LogP contribution >= 0.6 is 36.2 Å². The zero-order valence-electron chi connectivity index (χ0n) is 10.3. The van der Waals surface area contributed by atoms with Gasteiger partial charge in [0.05, 0.1) is 17.1 Å². The van der Waals surface area contributed by atoms with Crippen LogP contribution in [0.15, 0.2) is 5.38 Å². The van der Waals surface area contributed by atoms with Gasteiger partial charge in [-0.25, -0.2) is 4.98 Å². The molecule has 0 spiro atoms. The third-order valence-corrected chi connectivity index (χ3v) is 3.71. The summed E-state index contributed by atoms with van der Waals surface area (Å²) in [5, 5.41) is 9.32. The van der Waals surface area contributed by atoms with Crippen molar-refractivity contribution in [1.82, 2.24) is 15.6 Å². The average molecular weight is 312 g/mol. The highest BCUT2D eigenvalue weighted by molar-refractivity contribution is 7.09. The second-order valence-electron chi connectivity index (χ2n) is 4.02. The Labute approximate surface area is 124 Å². The van der Waals surface area contributed by atoms with Gasteiger partial charge in [-0.05, 0) is 19.4 Å². The smallest absolute Gasteiger partial charge is 0.226 e. The van der Waals surface area contributed by atoms with Gasteiger partial charge < -0.3 is 10.6 Å². The van der Waals surface area contributed by atoms with E-state index in [1.807, 2.05) is 5.38 Å². The number of carbonyl (C=O) groups excluding carboxylic acids is 1. The third-order valence-electron chi connectivity index (χ3n) is 2.67. The Morgan fingerprint density at radius 3 is 2.94 bits per heavy atom. The predicted molar refractivity (Wildman–Crippen MR) is 79.1 cm³/mol. The van der Waals surface area contributed by atoms with E-state index in [1.165, 1.54) is 0 Å². The van der Waals surface area contributed by atoms with E-state index in [2.05, 4.69) is 22.5 Å². The molecule has 104 valence electrons. The van der Waals surface area contributed by atoms with Crippen molar-refractivity contribution in [3.63, 3.8) is 0 Å². The van der Waals surface area contributed by atoms with Gasteiger partial charge in [0.1, 0.15) is 0 Å². The first-order chi connectivity index (χ1) is 7.78. The van der Waals surface area contributed by atoms with E-state index in [1.54, 1.807) is 11.3 Å². The molecule has 1 aliphatic heterocycles. The number of thiazole rings is 1. The lowest BCUT2D eigenvalue weighted by atomic mass is 10.2. The molecular weight excluding hydrogens is 293 g/mol. The molecule has 0 aliphatic carbocycles. The van der Waals surface area contributed by atoms with Gasteiger partial charge >= 0.3 is 0 Å². The van der Waals surface area contributed by atoms with Gasteiger partial charge in [-0.3, -0.25) is 4.79 Å². The van der Waals surface area contributed by atoms with Gasteiger partial charge in [0.25, 0.3) is 0 Å². The van der Waals surface area contributed by atoms with Crippen molar-refractivity contribution in [1.29, 1.82) is 0 Å². The van der Waals surface area contributed by atoms with Crippen LogP contribution in [0, 0.1) is 0 Å². The number of aryl methyl sites for hydroxylation is 1. The van der Waals surface area contributed by atoms with Crippen molar-refractivity contribution in [2.75, 3.05) is 13.1 Å². The quantitative estimate of drug-likeness (QED) is 0.887. The van der Waals surface area contributed by atoms with Gasteiger partial charge in [-0.15, -0.1) is 36.2 Å². The fourth-order valence-corrected chi connectivity index (χ4v) is 2.56. The highest BCUT2D eigenvalue weighted by atomic mass is 35.5. The van der Waals surface area contributed by atoms with Crippen LogP contribution in [0.5, 0.6) is 0 Å². The second-order valence-corrected chi connectivity index (χ2v) is 4.96. The summed E-state index contributed by atoms with van der Waals surface area (Å²) in [7, 11) is 0. The molecule has 0 bridgehead atoms. The van der Waals surface area contributed by atoms with E-state index in [4.69, 9.17) is 0 Å². The van der Waals surface area contributed by atoms with Gasteiger partial charge in [-0.2, -0.15) is 0 Å². The number of carbonyl (C=O) groups is 1. The zero-order chi connectivity index (χ0) is 11.4. The molecule has 2 rings (SSSR count). The van der Waals surface area contributed by atoms with Crippen molar-refractivity contribution in [2.24, 2.45) is 0 Å². The van der Waals surface area contributed by atoms with Crippen molar-refractivity contribution in [2.45, 2.75) is 32.2 Å². The number of hydrogen-bond acceptors (Lipinski definition) is 4. The number of hydrogen-bond donors (Lipinski definition) is 2. The first kappa shape index (κ1) is 17.6. The molecule has 7 heteroatoms. The van der Waals surface area contributed by atoms with Crippen molar-refractivity contribution < 1.29 is 4.79 Å². The molecule has 4 nitrogen and oxygen atoms in total. The maximum atomic E-state index is 11.7. The van der Waals surface area contributed by atoms with E-state index in [9.17, 15) is 4.79 Å². The lowest BCUT2D eigenvalue weighted by Gasteiger charge is -2.10.